The molecule has 0 saturated heterocycles. The number of hydrogen-bond donors (Lipinski definition) is 0. The van der Waals surface area contributed by atoms with Crippen molar-refractivity contribution < 1.29 is 19.0 Å². The van der Waals surface area contributed by atoms with Gasteiger partial charge in [0.2, 0.25) is 6.10 Å². The number of esters is 1. The summed E-state index contributed by atoms with van der Waals surface area (Å²) in [7, 11) is 2.98. The lowest BCUT2D eigenvalue weighted by atomic mass is 10.1. The number of benzene rings is 2. The van der Waals surface area contributed by atoms with Gasteiger partial charge >= 0.3 is 5.97 Å². The number of hydrogen-bond acceptors (Lipinski definition) is 5. The first kappa shape index (κ1) is 16.5. The Morgan fingerprint density at radius 1 is 1.00 bits per heavy atom. The van der Waals surface area contributed by atoms with Gasteiger partial charge in [-0.2, -0.15) is 5.26 Å². The van der Waals surface area contributed by atoms with Gasteiger partial charge in [0.1, 0.15) is 11.8 Å². The zero-order valence-corrected chi connectivity index (χ0v) is 12.9. The molecule has 0 amide bonds. The molecule has 5 nitrogen and oxygen atoms in total. The van der Waals surface area contributed by atoms with Crippen LogP contribution in [0.25, 0.3) is 0 Å². The number of nitriles is 1. The van der Waals surface area contributed by atoms with Crippen molar-refractivity contribution in [3.8, 4) is 11.8 Å². The van der Waals surface area contributed by atoms with Crippen LogP contribution in [0.4, 0.5) is 0 Å². The molecule has 118 valence electrons. The molecule has 0 radical (unpaired) electrons. The van der Waals surface area contributed by atoms with Gasteiger partial charge in [0.25, 0.3) is 0 Å². The Hall–Kier alpha value is -2.84. The first-order valence-corrected chi connectivity index (χ1v) is 7.01. The van der Waals surface area contributed by atoms with Crippen molar-refractivity contribution in [2.24, 2.45) is 0 Å². The highest BCUT2D eigenvalue weighted by Crippen LogP contribution is 2.24. The molecule has 0 N–H and O–H groups in total. The first-order valence-electron chi connectivity index (χ1n) is 7.01. The number of rotatable bonds is 6. The lowest BCUT2D eigenvalue weighted by Gasteiger charge is -2.17. The van der Waals surface area contributed by atoms with Crippen LogP contribution in [0.1, 0.15) is 23.3 Å². The Bertz CT molecular complexity index is 676. The summed E-state index contributed by atoms with van der Waals surface area (Å²) in [6.45, 7) is 0. The van der Waals surface area contributed by atoms with Gasteiger partial charge < -0.3 is 14.2 Å². The maximum absolute atomic E-state index is 12.3. The molecule has 2 aromatic carbocycles. The second kappa shape index (κ2) is 7.97. The van der Waals surface area contributed by atoms with Crippen molar-refractivity contribution >= 4 is 5.97 Å². The molecule has 0 saturated carbocycles. The van der Waals surface area contributed by atoms with Gasteiger partial charge in [0.05, 0.1) is 7.11 Å². The van der Waals surface area contributed by atoms with E-state index in [2.05, 4.69) is 0 Å². The number of ether oxygens (including phenoxy) is 3. The summed E-state index contributed by atoms with van der Waals surface area (Å²) in [4.78, 5) is 12.3. The summed E-state index contributed by atoms with van der Waals surface area (Å²) in [5.41, 5.74) is 1.25. The molecule has 2 rings (SSSR count). The van der Waals surface area contributed by atoms with E-state index in [0.29, 0.717) is 16.9 Å². The second-order valence-corrected chi connectivity index (χ2v) is 4.75. The van der Waals surface area contributed by atoms with Crippen molar-refractivity contribution in [2.45, 2.75) is 12.2 Å². The van der Waals surface area contributed by atoms with Gasteiger partial charge in [-0.05, 0) is 17.7 Å². The Kier molecular flexibility index (Phi) is 5.73. The predicted molar refractivity (Wildman–Crippen MR) is 83.6 cm³/mol. The minimum Gasteiger partial charge on any atom is -0.497 e. The number of carbonyl (C=O) groups is 1. The van der Waals surface area contributed by atoms with Crippen LogP contribution in [0.15, 0.2) is 54.6 Å². The summed E-state index contributed by atoms with van der Waals surface area (Å²) >= 11 is 0. The smallest absolute Gasteiger partial charge is 0.341 e. The average Bonchev–Trinajstić information content (AvgIpc) is 2.61. The molecule has 0 spiro atoms. The molecule has 23 heavy (non-hydrogen) atoms. The minimum atomic E-state index is -1.00. The zero-order valence-electron chi connectivity index (χ0n) is 12.9. The fourth-order valence-electron chi connectivity index (χ4n) is 2.12. The molecule has 5 heteroatoms. The molecule has 2 atom stereocenters. The maximum Gasteiger partial charge on any atom is 0.341 e. The molecule has 0 fully saturated rings. The highest BCUT2D eigenvalue weighted by Gasteiger charge is 2.25. The third kappa shape index (κ3) is 4.09. The van der Waals surface area contributed by atoms with Gasteiger partial charge in [-0.3, -0.25) is 0 Å². The van der Waals surface area contributed by atoms with Crippen molar-refractivity contribution in [3.63, 3.8) is 0 Å². The fraction of sp³-hybridized carbons (Fsp3) is 0.222. The quantitative estimate of drug-likeness (QED) is 0.766. The van der Waals surface area contributed by atoms with Gasteiger partial charge in [-0.25, -0.2) is 4.79 Å². The monoisotopic (exact) mass is 311 g/mol. The first-order chi connectivity index (χ1) is 11.2. The summed E-state index contributed by atoms with van der Waals surface area (Å²) in [6.07, 6.45) is -1.87. The van der Waals surface area contributed by atoms with E-state index in [-0.39, 0.29) is 0 Å². The minimum absolute atomic E-state index is 0.574. The van der Waals surface area contributed by atoms with Crippen LogP contribution in [0, 0.1) is 11.3 Å². The largest absolute Gasteiger partial charge is 0.497 e. The summed E-state index contributed by atoms with van der Waals surface area (Å²) in [5.74, 6) is 0.0527. The molecular weight excluding hydrogens is 294 g/mol. The van der Waals surface area contributed by atoms with Crippen molar-refractivity contribution in [1.29, 1.82) is 5.26 Å². The highest BCUT2D eigenvalue weighted by atomic mass is 16.6. The molecule has 0 aromatic heterocycles. The van der Waals surface area contributed by atoms with E-state index in [0.717, 1.165) is 0 Å². The molecule has 0 bridgehead atoms. The van der Waals surface area contributed by atoms with E-state index in [4.69, 9.17) is 14.2 Å². The van der Waals surface area contributed by atoms with Crippen molar-refractivity contribution in [2.75, 3.05) is 14.2 Å². The lowest BCUT2D eigenvalue weighted by molar-refractivity contribution is -0.159. The van der Waals surface area contributed by atoms with Crippen LogP contribution < -0.4 is 4.74 Å². The predicted octanol–water partition coefficient (Wildman–Crippen LogP) is 3.19. The topological polar surface area (TPSA) is 68.5 Å². The van der Waals surface area contributed by atoms with E-state index in [1.165, 1.54) is 7.11 Å². The summed E-state index contributed by atoms with van der Waals surface area (Å²) < 4.78 is 15.6. The van der Waals surface area contributed by atoms with Gasteiger partial charge in [0.15, 0.2) is 6.10 Å². The van der Waals surface area contributed by atoms with Crippen LogP contribution >= 0.6 is 0 Å². The molecule has 0 heterocycles. The zero-order chi connectivity index (χ0) is 16.7. The lowest BCUT2D eigenvalue weighted by Crippen LogP contribution is -2.20. The van der Waals surface area contributed by atoms with E-state index >= 15 is 0 Å². The SMILES string of the molecule is COc1ccc([C@H](C#N)OC(=O)[C@H](OC)c2ccccc2)cc1. The molecular formula is C18H17NO4. The molecule has 0 aliphatic heterocycles. The number of carbonyl (C=O) groups excluding carboxylic acids is 1. The average molecular weight is 311 g/mol. The third-order valence-electron chi connectivity index (χ3n) is 3.32. The third-order valence-corrected chi connectivity index (χ3v) is 3.32. The van der Waals surface area contributed by atoms with Gasteiger partial charge in [-0.15, -0.1) is 0 Å². The van der Waals surface area contributed by atoms with Crippen LogP contribution in [0.2, 0.25) is 0 Å². The van der Waals surface area contributed by atoms with Gasteiger partial charge in [-0.1, -0.05) is 42.5 Å². The van der Waals surface area contributed by atoms with Crippen LogP contribution in [-0.4, -0.2) is 20.2 Å². The Balaban J connectivity index is 2.14. The Labute approximate surface area is 135 Å². The number of nitrogens with zero attached hydrogens (tertiary/aromatic N) is 1. The normalized spacial score (nSPS) is 12.7. The number of methoxy groups -OCH3 is 2. The second-order valence-electron chi connectivity index (χ2n) is 4.75. The standard InChI is InChI=1S/C18H17NO4/c1-21-15-10-8-13(9-11-15)16(12-19)23-18(20)17(22-2)14-6-4-3-5-7-14/h3-11,16-17H,1-2H3/t16-,17+/m0/s1. The van der Waals surface area contributed by atoms with Crippen LogP contribution in [-0.2, 0) is 14.3 Å². The van der Waals surface area contributed by atoms with Crippen molar-refractivity contribution in [3.05, 3.63) is 65.7 Å². The van der Waals surface area contributed by atoms with Crippen LogP contribution in [0.3, 0.4) is 0 Å². The van der Waals surface area contributed by atoms with E-state index in [1.807, 2.05) is 12.1 Å². The van der Waals surface area contributed by atoms with E-state index < -0.39 is 18.2 Å². The molecule has 0 aliphatic rings. The van der Waals surface area contributed by atoms with Gasteiger partial charge in [0, 0.05) is 12.7 Å². The maximum atomic E-state index is 12.3. The Morgan fingerprint density at radius 2 is 1.65 bits per heavy atom. The summed E-state index contributed by atoms with van der Waals surface area (Å²) in [6, 6.07) is 17.8. The molecule has 0 unspecified atom stereocenters. The molecule has 0 aliphatic carbocycles. The fourth-order valence-corrected chi connectivity index (χ4v) is 2.12. The molecule has 2 aromatic rings. The van der Waals surface area contributed by atoms with E-state index in [1.54, 1.807) is 55.6 Å². The summed E-state index contributed by atoms with van der Waals surface area (Å²) in [5, 5.41) is 9.28. The van der Waals surface area contributed by atoms with Crippen molar-refractivity contribution in [1.82, 2.24) is 0 Å². The highest BCUT2D eigenvalue weighted by molar-refractivity contribution is 5.77. The van der Waals surface area contributed by atoms with Crippen LogP contribution in [0.5, 0.6) is 5.75 Å². The Morgan fingerprint density at radius 3 is 2.17 bits per heavy atom. The van der Waals surface area contributed by atoms with E-state index in [9.17, 15) is 10.1 Å².